The van der Waals surface area contributed by atoms with Gasteiger partial charge in [0.15, 0.2) is 0 Å². The zero-order valence-electron chi connectivity index (χ0n) is 10.8. The van der Waals surface area contributed by atoms with E-state index in [0.29, 0.717) is 18.2 Å². The number of halogens is 1. The summed E-state index contributed by atoms with van der Waals surface area (Å²) in [6.07, 6.45) is 2.49. The molecule has 18 heavy (non-hydrogen) atoms. The van der Waals surface area contributed by atoms with Crippen molar-refractivity contribution in [1.82, 2.24) is 0 Å². The molecule has 1 saturated heterocycles. The lowest BCUT2D eigenvalue weighted by Gasteiger charge is -2.25. The summed E-state index contributed by atoms with van der Waals surface area (Å²) >= 11 is 2.30. The summed E-state index contributed by atoms with van der Waals surface area (Å²) in [5.41, 5.74) is 1.87. The van der Waals surface area contributed by atoms with Crippen LogP contribution in [-0.2, 0) is 4.74 Å². The van der Waals surface area contributed by atoms with Gasteiger partial charge in [0.2, 0.25) is 0 Å². The second-order valence-electron chi connectivity index (χ2n) is 4.57. The van der Waals surface area contributed by atoms with Crippen LogP contribution in [0.3, 0.4) is 0 Å². The Morgan fingerprint density at radius 2 is 2.33 bits per heavy atom. The molecule has 0 aromatic heterocycles. The van der Waals surface area contributed by atoms with E-state index in [1.165, 1.54) is 18.5 Å². The Morgan fingerprint density at radius 1 is 1.56 bits per heavy atom. The van der Waals surface area contributed by atoms with Crippen LogP contribution in [-0.4, -0.2) is 25.2 Å². The molecule has 1 aromatic carbocycles. The van der Waals surface area contributed by atoms with Crippen LogP contribution in [0.25, 0.3) is 0 Å². The highest BCUT2D eigenvalue weighted by Gasteiger charge is 2.22. The maximum absolute atomic E-state index is 11.7. The molecule has 0 spiro atoms. The lowest BCUT2D eigenvalue weighted by atomic mass is 10.2. The number of hydrogen-bond donors (Lipinski definition) is 0. The van der Waals surface area contributed by atoms with Gasteiger partial charge in [0.1, 0.15) is 0 Å². The minimum Gasteiger partial charge on any atom is -0.462 e. The molecule has 1 aliphatic heterocycles. The molecule has 0 aliphatic carbocycles. The molecule has 1 aromatic rings. The Morgan fingerprint density at radius 3 is 2.89 bits per heavy atom. The first-order valence-corrected chi connectivity index (χ1v) is 7.44. The van der Waals surface area contributed by atoms with Gasteiger partial charge in [-0.25, -0.2) is 4.79 Å². The van der Waals surface area contributed by atoms with E-state index in [4.69, 9.17) is 4.74 Å². The van der Waals surface area contributed by atoms with Crippen molar-refractivity contribution in [3.8, 4) is 0 Å². The van der Waals surface area contributed by atoms with Gasteiger partial charge < -0.3 is 9.64 Å². The van der Waals surface area contributed by atoms with Crippen molar-refractivity contribution in [3.05, 3.63) is 27.3 Å². The molecule has 1 atom stereocenters. The van der Waals surface area contributed by atoms with E-state index in [2.05, 4.69) is 34.4 Å². The molecule has 4 heteroatoms. The SMILES string of the molecule is CCOC(=O)c1ccc(N2CCC[C@H]2C)c(I)c1. The van der Waals surface area contributed by atoms with Gasteiger partial charge >= 0.3 is 5.97 Å². The summed E-state index contributed by atoms with van der Waals surface area (Å²) in [5.74, 6) is -0.239. The van der Waals surface area contributed by atoms with Crippen LogP contribution < -0.4 is 4.90 Å². The van der Waals surface area contributed by atoms with E-state index < -0.39 is 0 Å². The second kappa shape index (κ2) is 5.91. The lowest BCUT2D eigenvalue weighted by molar-refractivity contribution is 0.0526. The van der Waals surface area contributed by atoms with Gasteiger partial charge in [-0.05, 0) is 67.5 Å². The fourth-order valence-corrected chi connectivity index (χ4v) is 3.20. The van der Waals surface area contributed by atoms with E-state index in [9.17, 15) is 4.79 Å². The molecule has 1 aliphatic rings. The number of ether oxygens (including phenoxy) is 1. The average Bonchev–Trinajstić information content (AvgIpc) is 2.75. The highest BCUT2D eigenvalue weighted by Crippen LogP contribution is 2.30. The first-order chi connectivity index (χ1) is 8.63. The Bertz CT molecular complexity index is 447. The summed E-state index contributed by atoms with van der Waals surface area (Å²) in [4.78, 5) is 14.1. The van der Waals surface area contributed by atoms with Crippen molar-refractivity contribution in [1.29, 1.82) is 0 Å². The Hall–Kier alpha value is -0.780. The summed E-state index contributed by atoms with van der Waals surface area (Å²) in [6, 6.07) is 6.40. The quantitative estimate of drug-likeness (QED) is 0.612. The number of nitrogens with zero attached hydrogens (tertiary/aromatic N) is 1. The van der Waals surface area contributed by atoms with Gasteiger partial charge in [0.25, 0.3) is 0 Å². The fraction of sp³-hybridized carbons (Fsp3) is 0.500. The number of esters is 1. The van der Waals surface area contributed by atoms with Crippen molar-refractivity contribution in [3.63, 3.8) is 0 Å². The van der Waals surface area contributed by atoms with Crippen molar-refractivity contribution in [2.24, 2.45) is 0 Å². The predicted molar refractivity (Wildman–Crippen MR) is 81.2 cm³/mol. The van der Waals surface area contributed by atoms with Gasteiger partial charge in [-0.2, -0.15) is 0 Å². The summed E-state index contributed by atoms with van der Waals surface area (Å²) in [7, 11) is 0. The number of carbonyl (C=O) groups excluding carboxylic acids is 1. The summed E-state index contributed by atoms with van der Waals surface area (Å²) in [5, 5.41) is 0. The number of hydrogen-bond acceptors (Lipinski definition) is 3. The predicted octanol–water partition coefficient (Wildman–Crippen LogP) is 3.46. The van der Waals surface area contributed by atoms with E-state index in [0.717, 1.165) is 10.1 Å². The standard InChI is InChI=1S/C14H18INO2/c1-3-18-14(17)11-6-7-13(12(15)9-11)16-8-4-5-10(16)2/h6-7,9-10H,3-5,8H2,1-2H3/t10-/m1/s1. The maximum atomic E-state index is 11.7. The number of anilines is 1. The summed E-state index contributed by atoms with van der Waals surface area (Å²) < 4.78 is 6.13. The van der Waals surface area contributed by atoms with Crippen molar-refractivity contribution >= 4 is 34.2 Å². The molecule has 3 nitrogen and oxygen atoms in total. The van der Waals surface area contributed by atoms with Crippen LogP contribution in [0.5, 0.6) is 0 Å². The molecule has 1 heterocycles. The molecule has 0 amide bonds. The van der Waals surface area contributed by atoms with Crippen molar-refractivity contribution < 1.29 is 9.53 Å². The van der Waals surface area contributed by atoms with Crippen molar-refractivity contribution in [2.45, 2.75) is 32.7 Å². The number of rotatable bonds is 3. The fourth-order valence-electron chi connectivity index (χ4n) is 2.37. The van der Waals surface area contributed by atoms with Crippen molar-refractivity contribution in [2.75, 3.05) is 18.1 Å². The minimum atomic E-state index is -0.239. The molecule has 2 rings (SSSR count). The monoisotopic (exact) mass is 359 g/mol. The molecule has 1 fully saturated rings. The van der Waals surface area contributed by atoms with Gasteiger partial charge in [-0.3, -0.25) is 0 Å². The minimum absolute atomic E-state index is 0.239. The molecule has 0 bridgehead atoms. The maximum Gasteiger partial charge on any atom is 0.338 e. The largest absolute Gasteiger partial charge is 0.462 e. The van der Waals surface area contributed by atoms with E-state index >= 15 is 0 Å². The third kappa shape index (κ3) is 2.79. The van der Waals surface area contributed by atoms with Gasteiger partial charge in [-0.15, -0.1) is 0 Å². The van der Waals surface area contributed by atoms with Crippen LogP contribution >= 0.6 is 22.6 Å². The zero-order chi connectivity index (χ0) is 13.1. The highest BCUT2D eigenvalue weighted by atomic mass is 127. The number of carbonyl (C=O) groups is 1. The molecule has 0 unspecified atom stereocenters. The van der Waals surface area contributed by atoms with E-state index in [1.807, 2.05) is 25.1 Å². The normalized spacial score (nSPS) is 19.1. The molecule has 0 radical (unpaired) electrons. The van der Waals surface area contributed by atoms with Gasteiger partial charge in [0.05, 0.1) is 17.9 Å². The highest BCUT2D eigenvalue weighted by molar-refractivity contribution is 14.1. The first kappa shape index (κ1) is 13.6. The number of benzene rings is 1. The topological polar surface area (TPSA) is 29.5 Å². The first-order valence-electron chi connectivity index (χ1n) is 6.36. The molecular formula is C14H18INO2. The molecule has 0 N–H and O–H groups in total. The Labute approximate surface area is 122 Å². The summed E-state index contributed by atoms with van der Waals surface area (Å²) in [6.45, 7) is 5.60. The lowest BCUT2D eigenvalue weighted by Crippen LogP contribution is -2.27. The molecular weight excluding hydrogens is 341 g/mol. The zero-order valence-corrected chi connectivity index (χ0v) is 12.9. The van der Waals surface area contributed by atoms with Gasteiger partial charge in [-0.1, -0.05) is 0 Å². The van der Waals surface area contributed by atoms with Crippen LogP contribution in [0, 0.1) is 3.57 Å². The van der Waals surface area contributed by atoms with E-state index in [1.54, 1.807) is 0 Å². The molecule has 0 saturated carbocycles. The van der Waals surface area contributed by atoms with Crippen LogP contribution in [0.1, 0.15) is 37.0 Å². The van der Waals surface area contributed by atoms with Crippen LogP contribution in [0.2, 0.25) is 0 Å². The third-order valence-corrected chi connectivity index (χ3v) is 4.19. The second-order valence-corrected chi connectivity index (χ2v) is 5.73. The smallest absolute Gasteiger partial charge is 0.338 e. The van der Waals surface area contributed by atoms with Gasteiger partial charge in [0, 0.05) is 16.2 Å². The van der Waals surface area contributed by atoms with Crippen LogP contribution in [0.4, 0.5) is 5.69 Å². The Kier molecular flexibility index (Phi) is 4.48. The Balaban J connectivity index is 2.22. The van der Waals surface area contributed by atoms with E-state index in [-0.39, 0.29) is 5.97 Å². The average molecular weight is 359 g/mol. The van der Waals surface area contributed by atoms with Crippen LogP contribution in [0.15, 0.2) is 18.2 Å². The molecule has 98 valence electrons. The third-order valence-electron chi connectivity index (χ3n) is 3.32.